The first-order chi connectivity index (χ1) is 10.8. The summed E-state index contributed by atoms with van der Waals surface area (Å²) in [6.45, 7) is 2.25. The second kappa shape index (κ2) is 8.93. The Balaban J connectivity index is 1.80. The van der Waals surface area contributed by atoms with Crippen LogP contribution >= 0.6 is 0 Å². The van der Waals surface area contributed by atoms with Gasteiger partial charge in [0.15, 0.2) is 0 Å². The lowest BCUT2D eigenvalue weighted by Crippen LogP contribution is -2.14. The molecule has 120 valence electrons. The Labute approximate surface area is 134 Å². The fraction of sp³-hybridized carbons (Fsp3) is 0.650. The quantitative estimate of drug-likeness (QED) is 0.540. The van der Waals surface area contributed by atoms with Gasteiger partial charge in [0, 0.05) is 0 Å². The summed E-state index contributed by atoms with van der Waals surface area (Å²) in [7, 11) is 0. The molecular weight excluding hydrogens is 273 g/mol. The minimum Gasteiger partial charge on any atom is -0.206 e. The zero-order valence-electron chi connectivity index (χ0n) is 13.8. The van der Waals surface area contributed by atoms with Gasteiger partial charge >= 0.3 is 0 Å². The maximum atomic E-state index is 13.7. The first-order valence-electron chi connectivity index (χ1n) is 8.94. The van der Waals surface area contributed by atoms with Crippen LogP contribution < -0.4 is 0 Å². The summed E-state index contributed by atoms with van der Waals surface area (Å²) >= 11 is 0. The molecule has 0 N–H and O–H groups in total. The number of benzene rings is 1. The van der Waals surface area contributed by atoms with Gasteiger partial charge in [0.05, 0.1) is 5.56 Å². The van der Waals surface area contributed by atoms with Crippen molar-refractivity contribution in [2.45, 2.75) is 77.0 Å². The van der Waals surface area contributed by atoms with Crippen LogP contribution in [-0.2, 0) is 0 Å². The first kappa shape index (κ1) is 17.0. The largest absolute Gasteiger partial charge is 0.206 e. The number of halogens is 1. The van der Waals surface area contributed by atoms with Crippen LogP contribution in [0.1, 0.15) is 88.2 Å². The molecule has 0 aliphatic heterocycles. The Bertz CT molecular complexity index is 495. The third-order valence-electron chi connectivity index (χ3n) is 5.16. The monoisotopic (exact) mass is 301 g/mol. The average Bonchev–Trinajstić information content (AvgIpc) is 2.55. The third kappa shape index (κ3) is 4.57. The first-order valence-corrected chi connectivity index (χ1v) is 8.94. The molecular formula is C20H28FN. The average molecular weight is 301 g/mol. The molecule has 1 aromatic carbocycles. The smallest absolute Gasteiger partial charge is 0.141 e. The highest BCUT2D eigenvalue weighted by Crippen LogP contribution is 2.39. The van der Waals surface area contributed by atoms with Gasteiger partial charge in [-0.15, -0.1) is 0 Å². The fourth-order valence-electron chi connectivity index (χ4n) is 3.80. The van der Waals surface area contributed by atoms with Crippen LogP contribution in [0.2, 0.25) is 0 Å². The number of nitrogens with zero attached hydrogens (tertiary/aromatic N) is 1. The summed E-state index contributed by atoms with van der Waals surface area (Å²) in [5, 5.41) is 9.18. The minimum absolute atomic E-state index is 0.269. The van der Waals surface area contributed by atoms with E-state index in [1.165, 1.54) is 57.4 Å². The second-order valence-electron chi connectivity index (χ2n) is 6.74. The van der Waals surface area contributed by atoms with Gasteiger partial charge in [0.2, 0.25) is 0 Å². The van der Waals surface area contributed by atoms with Crippen LogP contribution in [0.4, 0.5) is 4.39 Å². The van der Waals surface area contributed by atoms with Gasteiger partial charge in [-0.1, -0.05) is 57.6 Å². The van der Waals surface area contributed by atoms with E-state index in [0.29, 0.717) is 5.92 Å². The van der Waals surface area contributed by atoms with Gasteiger partial charge in [0.1, 0.15) is 11.9 Å². The zero-order chi connectivity index (χ0) is 15.8. The molecule has 1 aliphatic rings. The Morgan fingerprint density at radius 1 is 1.09 bits per heavy atom. The van der Waals surface area contributed by atoms with Crippen molar-refractivity contribution in [1.29, 1.82) is 5.26 Å². The van der Waals surface area contributed by atoms with Gasteiger partial charge in [-0.05, 0) is 49.1 Å². The summed E-state index contributed by atoms with van der Waals surface area (Å²) in [6.07, 6.45) is 12.8. The molecule has 0 radical (unpaired) electrons. The molecule has 1 fully saturated rings. The SMILES string of the molecule is CCCCCCCC1CCC(c2cccc(F)c2C#N)CC1. The van der Waals surface area contributed by atoms with Crippen molar-refractivity contribution in [3.8, 4) is 6.07 Å². The van der Waals surface area contributed by atoms with Crippen molar-refractivity contribution in [2.75, 3.05) is 0 Å². The van der Waals surface area contributed by atoms with Crippen molar-refractivity contribution in [1.82, 2.24) is 0 Å². The summed E-state index contributed by atoms with van der Waals surface area (Å²) in [5.74, 6) is 0.858. The maximum Gasteiger partial charge on any atom is 0.141 e. The minimum atomic E-state index is -0.363. The van der Waals surface area contributed by atoms with Crippen molar-refractivity contribution < 1.29 is 4.39 Å². The van der Waals surface area contributed by atoms with Gasteiger partial charge < -0.3 is 0 Å². The maximum absolute atomic E-state index is 13.7. The summed E-state index contributed by atoms with van der Waals surface area (Å²) in [4.78, 5) is 0. The second-order valence-corrected chi connectivity index (χ2v) is 6.74. The predicted octanol–water partition coefficient (Wildman–Crippen LogP) is 6.33. The molecule has 1 saturated carbocycles. The number of unbranched alkanes of at least 4 members (excludes halogenated alkanes) is 4. The molecule has 2 rings (SSSR count). The third-order valence-corrected chi connectivity index (χ3v) is 5.16. The molecule has 0 amide bonds. The summed E-state index contributed by atoms with van der Waals surface area (Å²) in [5.41, 5.74) is 1.20. The normalized spacial score (nSPS) is 21.5. The van der Waals surface area contributed by atoms with Gasteiger partial charge in [-0.25, -0.2) is 4.39 Å². The summed E-state index contributed by atoms with van der Waals surface area (Å²) in [6, 6.07) is 7.13. The van der Waals surface area contributed by atoms with Crippen molar-refractivity contribution in [2.24, 2.45) is 5.92 Å². The van der Waals surface area contributed by atoms with E-state index in [0.717, 1.165) is 24.3 Å². The molecule has 0 bridgehead atoms. The molecule has 0 unspecified atom stereocenters. The van der Waals surface area contributed by atoms with Crippen LogP contribution in [-0.4, -0.2) is 0 Å². The Kier molecular flexibility index (Phi) is 6.90. The molecule has 0 atom stereocenters. The number of hydrogen-bond acceptors (Lipinski definition) is 1. The lowest BCUT2D eigenvalue weighted by atomic mass is 9.76. The number of rotatable bonds is 7. The van der Waals surface area contributed by atoms with Crippen LogP contribution in [0.15, 0.2) is 18.2 Å². The van der Waals surface area contributed by atoms with E-state index in [2.05, 4.69) is 13.0 Å². The van der Waals surface area contributed by atoms with Crippen molar-refractivity contribution in [3.05, 3.63) is 35.1 Å². The van der Waals surface area contributed by atoms with Crippen molar-refractivity contribution in [3.63, 3.8) is 0 Å². The Morgan fingerprint density at radius 2 is 1.82 bits per heavy atom. The highest BCUT2D eigenvalue weighted by atomic mass is 19.1. The molecule has 0 aromatic heterocycles. The van der Waals surface area contributed by atoms with E-state index in [1.54, 1.807) is 6.07 Å². The highest BCUT2D eigenvalue weighted by Gasteiger charge is 2.24. The molecule has 22 heavy (non-hydrogen) atoms. The molecule has 0 heterocycles. The lowest BCUT2D eigenvalue weighted by molar-refractivity contribution is 0.301. The molecule has 1 aliphatic carbocycles. The van der Waals surface area contributed by atoms with Crippen LogP contribution in [0.25, 0.3) is 0 Å². The number of hydrogen-bond donors (Lipinski definition) is 0. The fourth-order valence-corrected chi connectivity index (χ4v) is 3.80. The predicted molar refractivity (Wildman–Crippen MR) is 89.2 cm³/mol. The lowest BCUT2D eigenvalue weighted by Gasteiger charge is -2.29. The van der Waals surface area contributed by atoms with Gasteiger partial charge in [-0.2, -0.15) is 5.26 Å². The Hall–Kier alpha value is -1.36. The van der Waals surface area contributed by atoms with Crippen LogP contribution in [0, 0.1) is 23.1 Å². The van der Waals surface area contributed by atoms with E-state index in [4.69, 9.17) is 0 Å². The van der Waals surface area contributed by atoms with E-state index in [9.17, 15) is 9.65 Å². The number of nitriles is 1. The molecule has 0 spiro atoms. The molecule has 0 saturated heterocycles. The van der Waals surface area contributed by atoms with E-state index in [-0.39, 0.29) is 11.4 Å². The highest BCUT2D eigenvalue weighted by molar-refractivity contribution is 5.41. The standard InChI is InChI=1S/C20H28FN/c1-2-3-4-5-6-8-16-11-13-17(14-12-16)18-9-7-10-20(21)19(18)15-22/h7,9-10,16-17H,2-6,8,11-14H2,1H3. The van der Waals surface area contributed by atoms with Crippen LogP contribution in [0.3, 0.4) is 0 Å². The van der Waals surface area contributed by atoms with Crippen molar-refractivity contribution >= 4 is 0 Å². The van der Waals surface area contributed by atoms with E-state index in [1.807, 2.05) is 6.07 Å². The van der Waals surface area contributed by atoms with Gasteiger partial charge in [-0.3, -0.25) is 0 Å². The van der Waals surface area contributed by atoms with Crippen LogP contribution in [0.5, 0.6) is 0 Å². The van der Waals surface area contributed by atoms with E-state index < -0.39 is 0 Å². The van der Waals surface area contributed by atoms with Gasteiger partial charge in [0.25, 0.3) is 0 Å². The molecule has 1 nitrogen and oxygen atoms in total. The summed E-state index contributed by atoms with van der Waals surface area (Å²) < 4.78 is 13.7. The molecule has 1 aromatic rings. The Morgan fingerprint density at radius 3 is 2.50 bits per heavy atom. The molecule has 2 heteroatoms. The van der Waals surface area contributed by atoms with E-state index >= 15 is 0 Å². The zero-order valence-corrected chi connectivity index (χ0v) is 13.8. The topological polar surface area (TPSA) is 23.8 Å².